The van der Waals surface area contributed by atoms with Gasteiger partial charge in [-0.2, -0.15) is 0 Å². The molecule has 0 saturated heterocycles. The number of ether oxygens (including phenoxy) is 2. The number of anilines is 3. The molecular weight excluding hydrogens is 634 g/mol. The molecule has 3 heterocycles. The summed E-state index contributed by atoms with van der Waals surface area (Å²) in [6.07, 6.45) is 6.61. The zero-order chi connectivity index (χ0) is 34.8. The van der Waals surface area contributed by atoms with Crippen molar-refractivity contribution in [2.24, 2.45) is 5.92 Å². The number of rotatable bonds is 11. The van der Waals surface area contributed by atoms with Gasteiger partial charge in [0.1, 0.15) is 11.5 Å². The molecule has 2 amide bonds. The Morgan fingerprint density at radius 2 is 1.76 bits per heavy atom. The van der Waals surface area contributed by atoms with Crippen LogP contribution in [0.2, 0.25) is 0 Å². The van der Waals surface area contributed by atoms with Crippen molar-refractivity contribution in [2.45, 2.75) is 38.5 Å². The molecule has 2 atom stereocenters. The van der Waals surface area contributed by atoms with Gasteiger partial charge in [0, 0.05) is 42.9 Å². The van der Waals surface area contributed by atoms with Gasteiger partial charge in [-0.05, 0) is 66.6 Å². The van der Waals surface area contributed by atoms with Crippen LogP contribution in [0.3, 0.4) is 0 Å². The van der Waals surface area contributed by atoms with Gasteiger partial charge in [0.05, 0.1) is 36.3 Å². The van der Waals surface area contributed by atoms with Crippen molar-refractivity contribution in [1.82, 2.24) is 15.0 Å². The van der Waals surface area contributed by atoms with E-state index >= 15 is 0 Å². The summed E-state index contributed by atoms with van der Waals surface area (Å²) >= 11 is 0. The highest BCUT2D eigenvalue weighted by Gasteiger charge is 2.52. The van der Waals surface area contributed by atoms with E-state index in [-0.39, 0.29) is 19.1 Å². The van der Waals surface area contributed by atoms with Crippen molar-refractivity contribution in [3.63, 3.8) is 0 Å². The van der Waals surface area contributed by atoms with Crippen LogP contribution in [0.1, 0.15) is 40.5 Å². The largest absolute Gasteiger partial charge is 0.497 e. The van der Waals surface area contributed by atoms with Gasteiger partial charge >= 0.3 is 0 Å². The first-order chi connectivity index (χ1) is 24.3. The summed E-state index contributed by atoms with van der Waals surface area (Å²) in [5.41, 5.74) is 2.34. The van der Waals surface area contributed by atoms with Crippen molar-refractivity contribution in [3.8, 4) is 17.2 Å². The maximum absolute atomic E-state index is 14.3. The van der Waals surface area contributed by atoms with Gasteiger partial charge in [-0.1, -0.05) is 60.7 Å². The molecule has 4 aromatic carbocycles. The van der Waals surface area contributed by atoms with Gasteiger partial charge in [0.15, 0.2) is 11.4 Å². The number of carbonyl (C=O) groups excluding carboxylic acids is 2. The summed E-state index contributed by atoms with van der Waals surface area (Å²) in [5.74, 6) is 0.290. The number of allylic oxidation sites excluding steroid dienone is 1. The number of aliphatic hydroxyl groups excluding tert-OH is 1. The van der Waals surface area contributed by atoms with E-state index in [9.17, 15) is 14.7 Å². The van der Waals surface area contributed by atoms with Gasteiger partial charge in [0.25, 0.3) is 11.8 Å². The number of benzene rings is 4. The number of hydrogen-bond donors (Lipinski definition) is 2. The smallest absolute Gasteiger partial charge is 0.266 e. The summed E-state index contributed by atoms with van der Waals surface area (Å²) in [5, 5.41) is 29.5. The molecule has 50 heavy (non-hydrogen) atoms. The van der Waals surface area contributed by atoms with Crippen molar-refractivity contribution >= 4 is 28.9 Å². The predicted octanol–water partition coefficient (Wildman–Crippen LogP) is 5.92. The molecule has 11 nitrogen and oxygen atoms in total. The number of amides is 2. The number of methoxy groups -OCH3 is 1. The minimum Gasteiger partial charge on any atom is -0.497 e. The summed E-state index contributed by atoms with van der Waals surface area (Å²) in [4.78, 5) is 31.6. The molecule has 0 fully saturated rings. The third-order valence-corrected chi connectivity index (χ3v) is 9.20. The van der Waals surface area contributed by atoms with Crippen LogP contribution in [0.25, 0.3) is 0 Å². The molecule has 1 aromatic heterocycles. The lowest BCUT2D eigenvalue weighted by Crippen LogP contribution is -2.44. The number of nitrogens with zero attached hydrogens (tertiary/aromatic N) is 5. The van der Waals surface area contributed by atoms with Crippen LogP contribution < -0.4 is 19.3 Å². The number of aromatic nitrogens is 3. The van der Waals surface area contributed by atoms with Gasteiger partial charge in [-0.3, -0.25) is 19.2 Å². The van der Waals surface area contributed by atoms with Crippen LogP contribution in [0.5, 0.6) is 17.2 Å². The fourth-order valence-corrected chi connectivity index (χ4v) is 6.58. The lowest BCUT2D eigenvalue weighted by molar-refractivity contribution is -0.139. The maximum Gasteiger partial charge on any atom is 0.266 e. The average molecular weight is 672 g/mol. The molecule has 5 aromatic rings. The van der Waals surface area contributed by atoms with Crippen LogP contribution >= 0.6 is 0 Å². The van der Waals surface area contributed by atoms with E-state index < -0.39 is 17.4 Å². The van der Waals surface area contributed by atoms with Gasteiger partial charge in [-0.25, -0.2) is 0 Å². The molecule has 0 bridgehead atoms. The Morgan fingerprint density at radius 3 is 2.58 bits per heavy atom. The number of hydrogen-bond acceptors (Lipinski definition) is 8. The van der Waals surface area contributed by atoms with E-state index in [0.29, 0.717) is 70.5 Å². The SMILES string of the molecule is COc1ccc2c(c1)[C@@](O)([C@H](C)/C=C/CCn1cc(CCO)nn1)C(=O)N2Cc1cccc(N2C(=O)c3ccccc3Oc3ccccc32)c1. The molecule has 0 aliphatic carbocycles. The van der Waals surface area contributed by atoms with Crippen molar-refractivity contribution in [2.75, 3.05) is 23.5 Å². The maximum atomic E-state index is 14.3. The predicted molar refractivity (Wildman–Crippen MR) is 188 cm³/mol. The minimum absolute atomic E-state index is 0.00846. The molecule has 2 N–H and O–H groups in total. The van der Waals surface area contributed by atoms with E-state index in [2.05, 4.69) is 10.3 Å². The highest BCUT2D eigenvalue weighted by molar-refractivity contribution is 6.14. The fraction of sp³-hybridized carbons (Fsp3) is 0.231. The summed E-state index contributed by atoms with van der Waals surface area (Å²) in [6, 6.07) is 27.3. The Balaban J connectivity index is 1.17. The Kier molecular flexibility index (Phi) is 8.92. The molecular formula is C39H37N5O6. The molecule has 0 unspecified atom stereocenters. The van der Waals surface area contributed by atoms with Crippen LogP contribution in [-0.2, 0) is 29.9 Å². The third-order valence-electron chi connectivity index (χ3n) is 9.20. The van der Waals surface area contributed by atoms with E-state index in [1.54, 1.807) is 64.2 Å². The second-order valence-electron chi connectivity index (χ2n) is 12.4. The lowest BCUT2D eigenvalue weighted by Gasteiger charge is -2.28. The standard InChI is InChI=1S/C39H37N5O6/c1-26(10-7-8-20-42-25-28(19-21-45)40-41-42)39(48)32-23-30(49-2)17-18-33(32)43(38(39)47)24-27-11-9-12-29(22-27)44-34-14-4-6-16-36(34)50-35-15-5-3-13-31(35)37(44)46/h3-7,9-18,22-23,25-26,45,48H,8,19-21,24H2,1-2H3/b10-7+/t26-,39+/m1/s1. The van der Waals surface area contributed by atoms with Crippen molar-refractivity contribution in [1.29, 1.82) is 0 Å². The van der Waals surface area contributed by atoms with E-state index in [4.69, 9.17) is 14.6 Å². The third kappa shape index (κ3) is 5.90. The molecule has 0 saturated carbocycles. The second-order valence-corrected chi connectivity index (χ2v) is 12.4. The summed E-state index contributed by atoms with van der Waals surface area (Å²) < 4.78 is 13.4. The zero-order valence-corrected chi connectivity index (χ0v) is 27.8. The average Bonchev–Trinajstić information content (AvgIpc) is 3.63. The van der Waals surface area contributed by atoms with E-state index in [1.165, 1.54) is 0 Å². The first kappa shape index (κ1) is 32.8. The monoisotopic (exact) mass is 671 g/mol. The van der Waals surface area contributed by atoms with Crippen molar-refractivity contribution in [3.05, 3.63) is 132 Å². The molecule has 7 rings (SSSR count). The summed E-state index contributed by atoms with van der Waals surface area (Å²) in [6.45, 7) is 2.54. The molecule has 2 aliphatic rings. The van der Waals surface area contributed by atoms with Gasteiger partial charge in [0.2, 0.25) is 0 Å². The first-order valence-corrected chi connectivity index (χ1v) is 16.5. The molecule has 0 radical (unpaired) electrons. The Labute approximate surface area is 289 Å². The molecule has 0 spiro atoms. The zero-order valence-electron chi connectivity index (χ0n) is 27.8. The highest BCUT2D eigenvalue weighted by Crippen LogP contribution is 2.48. The first-order valence-electron chi connectivity index (χ1n) is 16.5. The number of aliphatic hydroxyl groups is 2. The Hall–Kier alpha value is -5.78. The topological polar surface area (TPSA) is 130 Å². The van der Waals surface area contributed by atoms with Gasteiger partial charge < -0.3 is 24.6 Å². The molecule has 2 aliphatic heterocycles. The lowest BCUT2D eigenvalue weighted by atomic mass is 9.83. The minimum atomic E-state index is -1.85. The van der Waals surface area contributed by atoms with Crippen LogP contribution in [0.4, 0.5) is 17.1 Å². The number of fused-ring (bicyclic) bond motifs is 3. The Bertz CT molecular complexity index is 2090. The molecule has 254 valence electrons. The second kappa shape index (κ2) is 13.6. The van der Waals surface area contributed by atoms with Crippen LogP contribution in [0, 0.1) is 5.92 Å². The highest BCUT2D eigenvalue weighted by atomic mass is 16.5. The number of carbonyl (C=O) groups is 2. The number of aryl methyl sites for hydroxylation is 1. The quantitative estimate of drug-likeness (QED) is 0.166. The van der Waals surface area contributed by atoms with Crippen LogP contribution in [-0.4, -0.2) is 50.7 Å². The Morgan fingerprint density at radius 1 is 0.960 bits per heavy atom. The summed E-state index contributed by atoms with van der Waals surface area (Å²) in [7, 11) is 1.55. The van der Waals surface area contributed by atoms with Crippen molar-refractivity contribution < 1.29 is 29.3 Å². The van der Waals surface area contributed by atoms with Gasteiger partial charge in [-0.15, -0.1) is 5.10 Å². The number of para-hydroxylation sites is 3. The van der Waals surface area contributed by atoms with E-state index in [1.807, 2.05) is 73.7 Å². The normalized spacial score (nSPS) is 17.3. The fourth-order valence-electron chi connectivity index (χ4n) is 6.58. The molecule has 11 heteroatoms. The van der Waals surface area contributed by atoms with Crippen LogP contribution in [0.15, 0.2) is 109 Å². The van der Waals surface area contributed by atoms with E-state index in [0.717, 1.165) is 5.56 Å².